The Morgan fingerprint density at radius 2 is 2.23 bits per heavy atom. The molecule has 1 fully saturated rings. The Hall–Kier alpha value is -0.810. The van der Waals surface area contributed by atoms with Crippen molar-refractivity contribution in [3.05, 3.63) is 0 Å². The van der Waals surface area contributed by atoms with Crippen LogP contribution >= 0.6 is 0 Å². The first-order valence-corrected chi connectivity index (χ1v) is 4.30. The zero-order valence-corrected chi connectivity index (χ0v) is 8.03. The summed E-state index contributed by atoms with van der Waals surface area (Å²) >= 11 is 0. The molecule has 0 unspecified atom stereocenters. The van der Waals surface area contributed by atoms with Crippen LogP contribution in [-0.2, 0) is 9.47 Å². The third kappa shape index (κ3) is 2.32. The second kappa shape index (κ2) is 4.43. The molecule has 1 saturated heterocycles. The van der Waals surface area contributed by atoms with Crippen molar-refractivity contribution in [2.75, 3.05) is 27.3 Å². The molecule has 0 bridgehead atoms. The largest absolute Gasteiger partial charge is 0.453 e. The van der Waals surface area contributed by atoms with Gasteiger partial charge in [0.1, 0.15) is 0 Å². The number of methoxy groups -OCH3 is 2. The number of carbonyl (C=O) groups is 1. The van der Waals surface area contributed by atoms with Gasteiger partial charge in [-0.1, -0.05) is 0 Å². The summed E-state index contributed by atoms with van der Waals surface area (Å²) in [5.41, 5.74) is 5.79. The molecule has 1 rings (SSSR count). The molecule has 1 aliphatic rings. The van der Waals surface area contributed by atoms with Crippen LogP contribution in [0.4, 0.5) is 4.79 Å². The van der Waals surface area contributed by atoms with Gasteiger partial charge in [0.25, 0.3) is 0 Å². The van der Waals surface area contributed by atoms with E-state index in [0.717, 1.165) is 6.42 Å². The average molecular weight is 188 g/mol. The van der Waals surface area contributed by atoms with Crippen molar-refractivity contribution in [3.63, 3.8) is 0 Å². The molecule has 0 aromatic rings. The molecule has 0 aromatic carbocycles. The van der Waals surface area contributed by atoms with Gasteiger partial charge in [0.2, 0.25) is 0 Å². The van der Waals surface area contributed by atoms with E-state index in [1.165, 1.54) is 7.11 Å². The first kappa shape index (κ1) is 10.3. The van der Waals surface area contributed by atoms with E-state index in [-0.39, 0.29) is 18.2 Å². The molecule has 0 aliphatic carbocycles. The van der Waals surface area contributed by atoms with Crippen molar-refractivity contribution < 1.29 is 14.3 Å². The van der Waals surface area contributed by atoms with E-state index in [0.29, 0.717) is 13.1 Å². The van der Waals surface area contributed by atoms with Crippen molar-refractivity contribution in [2.24, 2.45) is 5.73 Å². The van der Waals surface area contributed by atoms with E-state index in [9.17, 15) is 4.79 Å². The quantitative estimate of drug-likeness (QED) is 0.619. The van der Waals surface area contributed by atoms with Crippen molar-refractivity contribution in [3.8, 4) is 0 Å². The number of carbonyl (C=O) groups excluding carboxylic acids is 1. The Labute approximate surface area is 77.8 Å². The maximum absolute atomic E-state index is 11.1. The second-order valence-electron chi connectivity index (χ2n) is 3.14. The number of likely N-dealkylation sites (tertiary alicyclic amines) is 1. The smallest absolute Gasteiger partial charge is 0.409 e. The second-order valence-corrected chi connectivity index (χ2v) is 3.14. The van der Waals surface area contributed by atoms with E-state index >= 15 is 0 Å². The highest BCUT2D eigenvalue weighted by molar-refractivity contribution is 5.67. The van der Waals surface area contributed by atoms with Crippen molar-refractivity contribution in [1.82, 2.24) is 4.90 Å². The van der Waals surface area contributed by atoms with Gasteiger partial charge in [-0.15, -0.1) is 0 Å². The molecule has 1 heterocycles. The first-order chi connectivity index (χ1) is 6.19. The number of ether oxygens (including phenoxy) is 2. The first-order valence-electron chi connectivity index (χ1n) is 4.30. The molecule has 1 aliphatic heterocycles. The SMILES string of the molecule is COC(=O)N1CC[C@@H](N)[C@@H](OC)C1. The standard InChI is InChI=1S/C8H16N2O3/c1-12-7-5-10(8(11)13-2)4-3-6(7)9/h6-7H,3-5,9H2,1-2H3/t6-,7+/m1/s1. The van der Waals surface area contributed by atoms with E-state index in [2.05, 4.69) is 4.74 Å². The summed E-state index contributed by atoms with van der Waals surface area (Å²) < 4.78 is 9.76. The fraction of sp³-hybridized carbons (Fsp3) is 0.875. The van der Waals surface area contributed by atoms with Crippen LogP contribution in [0.2, 0.25) is 0 Å². The summed E-state index contributed by atoms with van der Waals surface area (Å²) in [6.07, 6.45) is 0.370. The summed E-state index contributed by atoms with van der Waals surface area (Å²) in [6.45, 7) is 1.16. The minimum atomic E-state index is -0.311. The molecular weight excluding hydrogens is 172 g/mol. The average Bonchev–Trinajstić information content (AvgIpc) is 2.17. The number of hydrogen-bond acceptors (Lipinski definition) is 4. The van der Waals surface area contributed by atoms with Crippen LogP contribution in [0.25, 0.3) is 0 Å². The van der Waals surface area contributed by atoms with Crippen LogP contribution in [0, 0.1) is 0 Å². The van der Waals surface area contributed by atoms with Crippen molar-refractivity contribution >= 4 is 6.09 Å². The molecule has 0 spiro atoms. The fourth-order valence-electron chi connectivity index (χ4n) is 1.48. The fourth-order valence-corrected chi connectivity index (χ4v) is 1.48. The van der Waals surface area contributed by atoms with Crippen LogP contribution in [0.1, 0.15) is 6.42 Å². The molecule has 2 N–H and O–H groups in total. The van der Waals surface area contributed by atoms with Crippen LogP contribution in [-0.4, -0.2) is 50.4 Å². The summed E-state index contributed by atoms with van der Waals surface area (Å²) in [5, 5.41) is 0. The Kier molecular flexibility index (Phi) is 3.50. The number of piperidine rings is 1. The minimum Gasteiger partial charge on any atom is -0.453 e. The van der Waals surface area contributed by atoms with Gasteiger partial charge in [0.05, 0.1) is 19.8 Å². The summed E-state index contributed by atoms with van der Waals surface area (Å²) in [7, 11) is 2.98. The zero-order chi connectivity index (χ0) is 9.84. The van der Waals surface area contributed by atoms with Gasteiger partial charge in [-0.2, -0.15) is 0 Å². The van der Waals surface area contributed by atoms with Gasteiger partial charge in [-0.25, -0.2) is 4.79 Å². The highest BCUT2D eigenvalue weighted by Gasteiger charge is 2.29. The minimum absolute atomic E-state index is 0.0194. The van der Waals surface area contributed by atoms with Crippen LogP contribution in [0.3, 0.4) is 0 Å². The van der Waals surface area contributed by atoms with Crippen molar-refractivity contribution in [1.29, 1.82) is 0 Å². The van der Waals surface area contributed by atoms with E-state index in [4.69, 9.17) is 10.5 Å². The van der Waals surface area contributed by atoms with Crippen LogP contribution in [0.15, 0.2) is 0 Å². The zero-order valence-electron chi connectivity index (χ0n) is 8.03. The number of amides is 1. The van der Waals surface area contributed by atoms with E-state index in [1.807, 2.05) is 0 Å². The Morgan fingerprint density at radius 1 is 1.54 bits per heavy atom. The Balaban J connectivity index is 2.49. The normalized spacial score (nSPS) is 28.7. The maximum Gasteiger partial charge on any atom is 0.409 e. The van der Waals surface area contributed by atoms with Gasteiger partial charge >= 0.3 is 6.09 Å². The molecule has 0 aromatic heterocycles. The molecule has 0 radical (unpaired) electrons. The van der Waals surface area contributed by atoms with E-state index in [1.54, 1.807) is 12.0 Å². The number of nitrogens with zero attached hydrogens (tertiary/aromatic N) is 1. The van der Waals surface area contributed by atoms with Gasteiger partial charge < -0.3 is 20.1 Å². The van der Waals surface area contributed by atoms with Gasteiger partial charge in [-0.05, 0) is 6.42 Å². The van der Waals surface area contributed by atoms with Crippen molar-refractivity contribution in [2.45, 2.75) is 18.6 Å². The van der Waals surface area contributed by atoms with Crippen LogP contribution in [0.5, 0.6) is 0 Å². The lowest BCUT2D eigenvalue weighted by Gasteiger charge is -2.34. The lowest BCUT2D eigenvalue weighted by atomic mass is 10.0. The number of nitrogens with two attached hydrogens (primary N) is 1. The molecule has 0 saturated carbocycles. The third-order valence-electron chi connectivity index (χ3n) is 2.35. The number of hydrogen-bond donors (Lipinski definition) is 1. The lowest BCUT2D eigenvalue weighted by Crippen LogP contribution is -2.53. The predicted octanol–water partition coefficient (Wildman–Crippen LogP) is -0.199. The predicted molar refractivity (Wildman–Crippen MR) is 47.4 cm³/mol. The monoisotopic (exact) mass is 188 g/mol. The lowest BCUT2D eigenvalue weighted by molar-refractivity contribution is 0.0162. The summed E-state index contributed by atoms with van der Waals surface area (Å²) in [4.78, 5) is 12.8. The molecule has 1 amide bonds. The summed E-state index contributed by atoms with van der Waals surface area (Å²) in [6, 6.07) is 0.0194. The Bertz CT molecular complexity index is 186. The molecule has 13 heavy (non-hydrogen) atoms. The molecule has 76 valence electrons. The summed E-state index contributed by atoms with van der Waals surface area (Å²) in [5.74, 6) is 0. The number of rotatable bonds is 1. The van der Waals surface area contributed by atoms with Crippen LogP contribution < -0.4 is 5.73 Å². The molecule has 5 heteroatoms. The highest BCUT2D eigenvalue weighted by Crippen LogP contribution is 2.12. The highest BCUT2D eigenvalue weighted by atomic mass is 16.5. The topological polar surface area (TPSA) is 64.8 Å². The van der Waals surface area contributed by atoms with E-state index < -0.39 is 0 Å². The Morgan fingerprint density at radius 3 is 2.77 bits per heavy atom. The maximum atomic E-state index is 11.1. The van der Waals surface area contributed by atoms with Gasteiger partial charge in [0.15, 0.2) is 0 Å². The molecular formula is C8H16N2O3. The molecule has 5 nitrogen and oxygen atoms in total. The van der Waals surface area contributed by atoms with Gasteiger partial charge in [0, 0.05) is 19.7 Å². The molecule has 2 atom stereocenters. The third-order valence-corrected chi connectivity index (χ3v) is 2.35. The van der Waals surface area contributed by atoms with Gasteiger partial charge in [-0.3, -0.25) is 0 Å².